The van der Waals surface area contributed by atoms with Gasteiger partial charge in [0.15, 0.2) is 17.0 Å². The van der Waals surface area contributed by atoms with Gasteiger partial charge in [0, 0.05) is 24.7 Å². The van der Waals surface area contributed by atoms with Gasteiger partial charge in [0.2, 0.25) is 5.95 Å². The lowest BCUT2D eigenvalue weighted by Crippen LogP contribution is -2.37. The number of rotatable bonds is 2. The van der Waals surface area contributed by atoms with Crippen LogP contribution in [-0.2, 0) is 4.74 Å². The highest BCUT2D eigenvalue weighted by Gasteiger charge is 2.19. The van der Waals surface area contributed by atoms with Crippen LogP contribution in [0.1, 0.15) is 0 Å². The van der Waals surface area contributed by atoms with Gasteiger partial charge in [-0.15, -0.1) is 0 Å². The SMILES string of the molecule is Nc1nc(N2CCOCC2)c2nc(-c3ccc(F)cc3F)cnc2n1. The zero-order chi connectivity index (χ0) is 17.4. The van der Waals surface area contributed by atoms with E-state index in [1.165, 1.54) is 18.3 Å². The van der Waals surface area contributed by atoms with Gasteiger partial charge in [0.1, 0.15) is 11.6 Å². The molecule has 0 atom stereocenters. The summed E-state index contributed by atoms with van der Waals surface area (Å²) in [7, 11) is 0. The van der Waals surface area contributed by atoms with Crippen LogP contribution in [0.3, 0.4) is 0 Å². The molecule has 0 radical (unpaired) electrons. The summed E-state index contributed by atoms with van der Waals surface area (Å²) in [5.41, 5.74) is 6.93. The second-order valence-electron chi connectivity index (χ2n) is 5.56. The Morgan fingerprint density at radius 3 is 2.64 bits per heavy atom. The van der Waals surface area contributed by atoms with Crippen LogP contribution in [-0.4, -0.2) is 46.2 Å². The molecular formula is C16H14F2N6O. The summed E-state index contributed by atoms with van der Waals surface area (Å²) >= 11 is 0. The highest BCUT2D eigenvalue weighted by molar-refractivity contribution is 5.85. The van der Waals surface area contributed by atoms with Crippen LogP contribution in [0.25, 0.3) is 22.4 Å². The molecule has 0 amide bonds. The summed E-state index contributed by atoms with van der Waals surface area (Å²) in [6.07, 6.45) is 1.38. The van der Waals surface area contributed by atoms with Gasteiger partial charge in [-0.3, -0.25) is 0 Å². The van der Waals surface area contributed by atoms with Gasteiger partial charge in [0.05, 0.1) is 25.1 Å². The number of anilines is 2. The van der Waals surface area contributed by atoms with Gasteiger partial charge in [-0.25, -0.2) is 18.7 Å². The average Bonchev–Trinajstić information content (AvgIpc) is 2.61. The van der Waals surface area contributed by atoms with Gasteiger partial charge in [-0.05, 0) is 12.1 Å². The van der Waals surface area contributed by atoms with Crippen LogP contribution >= 0.6 is 0 Å². The van der Waals surface area contributed by atoms with Crippen LogP contribution < -0.4 is 10.6 Å². The van der Waals surface area contributed by atoms with Crippen molar-refractivity contribution in [3.05, 3.63) is 36.0 Å². The highest BCUT2D eigenvalue weighted by Crippen LogP contribution is 2.27. The Morgan fingerprint density at radius 1 is 1.08 bits per heavy atom. The fourth-order valence-corrected chi connectivity index (χ4v) is 2.73. The monoisotopic (exact) mass is 344 g/mol. The van der Waals surface area contributed by atoms with E-state index in [0.29, 0.717) is 43.3 Å². The van der Waals surface area contributed by atoms with Crippen molar-refractivity contribution in [2.24, 2.45) is 0 Å². The predicted octanol–water partition coefficient (Wildman–Crippen LogP) is 1.78. The molecule has 9 heteroatoms. The van der Waals surface area contributed by atoms with Crippen molar-refractivity contribution in [3.63, 3.8) is 0 Å². The topological polar surface area (TPSA) is 90.0 Å². The van der Waals surface area contributed by atoms with Gasteiger partial charge < -0.3 is 15.4 Å². The lowest BCUT2D eigenvalue weighted by atomic mass is 10.1. The van der Waals surface area contributed by atoms with E-state index in [4.69, 9.17) is 10.5 Å². The number of aromatic nitrogens is 4. The van der Waals surface area contributed by atoms with Gasteiger partial charge in [-0.2, -0.15) is 9.97 Å². The van der Waals surface area contributed by atoms with Crippen molar-refractivity contribution in [1.82, 2.24) is 19.9 Å². The maximum Gasteiger partial charge on any atom is 0.224 e. The Labute approximate surface area is 141 Å². The zero-order valence-electron chi connectivity index (χ0n) is 13.1. The number of ether oxygens (including phenoxy) is 1. The molecule has 2 N–H and O–H groups in total. The quantitative estimate of drug-likeness (QED) is 0.758. The van der Waals surface area contributed by atoms with Crippen LogP contribution in [0.4, 0.5) is 20.5 Å². The molecule has 0 saturated carbocycles. The minimum atomic E-state index is -0.710. The fraction of sp³-hybridized carbons (Fsp3) is 0.250. The standard InChI is InChI=1S/C16H14F2N6O/c17-9-1-2-10(11(18)7-9)12-8-20-14-13(21-12)15(23-16(19)22-14)24-3-5-25-6-4-24/h1-2,7-8H,3-6H2,(H2,19,20,22,23). The Morgan fingerprint density at radius 2 is 1.88 bits per heavy atom. The molecular weight excluding hydrogens is 330 g/mol. The third kappa shape index (κ3) is 2.93. The number of benzene rings is 1. The molecule has 1 fully saturated rings. The van der Waals surface area contributed by atoms with E-state index in [-0.39, 0.29) is 17.2 Å². The number of fused-ring (bicyclic) bond motifs is 1. The van der Waals surface area contributed by atoms with Crippen molar-refractivity contribution in [3.8, 4) is 11.3 Å². The number of nitrogens with zero attached hydrogens (tertiary/aromatic N) is 5. The molecule has 0 spiro atoms. The Kier molecular flexibility index (Phi) is 3.85. The molecule has 0 bridgehead atoms. The van der Waals surface area contributed by atoms with Crippen molar-refractivity contribution in [2.75, 3.05) is 36.9 Å². The molecule has 0 aliphatic carbocycles. The fourth-order valence-electron chi connectivity index (χ4n) is 2.73. The van der Waals surface area contributed by atoms with Crippen LogP contribution in [0.15, 0.2) is 24.4 Å². The summed E-state index contributed by atoms with van der Waals surface area (Å²) in [6.45, 7) is 2.38. The van der Waals surface area contributed by atoms with Crippen molar-refractivity contribution in [1.29, 1.82) is 0 Å². The van der Waals surface area contributed by atoms with Gasteiger partial charge in [0.25, 0.3) is 0 Å². The number of hydrogen-bond acceptors (Lipinski definition) is 7. The Hall–Kier alpha value is -2.94. The van der Waals surface area contributed by atoms with E-state index in [0.717, 1.165) is 6.07 Å². The molecule has 3 aromatic rings. The average molecular weight is 344 g/mol. The maximum atomic E-state index is 14.1. The first-order valence-electron chi connectivity index (χ1n) is 7.70. The van der Waals surface area contributed by atoms with E-state index >= 15 is 0 Å². The van der Waals surface area contributed by atoms with Crippen LogP contribution in [0.2, 0.25) is 0 Å². The molecule has 2 aromatic heterocycles. The molecule has 7 nitrogen and oxygen atoms in total. The largest absolute Gasteiger partial charge is 0.378 e. The highest BCUT2D eigenvalue weighted by atomic mass is 19.1. The molecule has 0 unspecified atom stereocenters. The third-order valence-electron chi connectivity index (χ3n) is 3.92. The molecule has 1 aliphatic rings. The molecule has 1 aromatic carbocycles. The number of nitrogen functional groups attached to an aromatic ring is 1. The molecule has 25 heavy (non-hydrogen) atoms. The second-order valence-corrected chi connectivity index (χ2v) is 5.56. The normalized spacial score (nSPS) is 14.9. The summed E-state index contributed by atoms with van der Waals surface area (Å²) < 4.78 is 32.6. The second kappa shape index (κ2) is 6.17. The molecule has 128 valence electrons. The molecule has 3 heterocycles. The smallest absolute Gasteiger partial charge is 0.224 e. The molecule has 4 rings (SSSR count). The first-order chi connectivity index (χ1) is 12.1. The first-order valence-corrected chi connectivity index (χ1v) is 7.70. The predicted molar refractivity (Wildman–Crippen MR) is 87.9 cm³/mol. The minimum absolute atomic E-state index is 0.0870. The van der Waals surface area contributed by atoms with E-state index in [9.17, 15) is 8.78 Å². The summed E-state index contributed by atoms with van der Waals surface area (Å²) in [5, 5.41) is 0. The van der Waals surface area contributed by atoms with Crippen molar-refractivity contribution >= 4 is 22.9 Å². The Balaban J connectivity index is 1.87. The van der Waals surface area contributed by atoms with Crippen molar-refractivity contribution in [2.45, 2.75) is 0 Å². The zero-order valence-corrected chi connectivity index (χ0v) is 13.1. The van der Waals surface area contributed by atoms with E-state index < -0.39 is 11.6 Å². The van der Waals surface area contributed by atoms with E-state index in [1.54, 1.807) is 0 Å². The lowest BCUT2D eigenvalue weighted by molar-refractivity contribution is 0.122. The molecule has 1 aliphatic heterocycles. The molecule has 1 saturated heterocycles. The van der Waals surface area contributed by atoms with Crippen LogP contribution in [0.5, 0.6) is 0 Å². The summed E-state index contributed by atoms with van der Waals surface area (Å²) in [4.78, 5) is 19.0. The number of hydrogen-bond donors (Lipinski definition) is 1. The van der Waals surface area contributed by atoms with E-state index in [1.807, 2.05) is 4.90 Å². The number of halogens is 2. The number of nitrogens with two attached hydrogens (primary N) is 1. The first kappa shape index (κ1) is 15.6. The third-order valence-corrected chi connectivity index (χ3v) is 3.92. The van der Waals surface area contributed by atoms with Gasteiger partial charge in [-0.1, -0.05) is 0 Å². The van der Waals surface area contributed by atoms with Crippen molar-refractivity contribution < 1.29 is 13.5 Å². The summed E-state index contributed by atoms with van der Waals surface area (Å²) in [6, 6.07) is 3.31. The Bertz CT molecular complexity index is 945. The number of morpholine rings is 1. The van der Waals surface area contributed by atoms with E-state index in [2.05, 4.69) is 19.9 Å². The van der Waals surface area contributed by atoms with Crippen LogP contribution in [0, 0.1) is 11.6 Å². The minimum Gasteiger partial charge on any atom is -0.378 e. The maximum absolute atomic E-state index is 14.1. The summed E-state index contributed by atoms with van der Waals surface area (Å²) in [5.74, 6) is -0.746. The lowest BCUT2D eigenvalue weighted by Gasteiger charge is -2.28. The van der Waals surface area contributed by atoms with Gasteiger partial charge >= 0.3 is 0 Å².